The molecule has 174 valence electrons. The number of carbonyl (C=O) groups excluding carboxylic acids is 1. The topological polar surface area (TPSA) is 76.1 Å². The van der Waals surface area contributed by atoms with Crippen LogP contribution in [0.3, 0.4) is 0 Å². The number of aliphatic carboxylic acids is 1. The van der Waals surface area contributed by atoms with E-state index in [0.717, 1.165) is 41.0 Å². The van der Waals surface area contributed by atoms with Crippen molar-refractivity contribution in [2.45, 2.75) is 38.6 Å². The van der Waals surface area contributed by atoms with E-state index in [-0.39, 0.29) is 18.2 Å². The van der Waals surface area contributed by atoms with E-state index in [1.807, 2.05) is 67.6 Å². The fourth-order valence-corrected chi connectivity index (χ4v) is 4.88. The van der Waals surface area contributed by atoms with Gasteiger partial charge in [0.05, 0.1) is 13.0 Å². The van der Waals surface area contributed by atoms with Gasteiger partial charge in [0.25, 0.3) is 5.91 Å². The molecule has 3 aromatic rings. The summed E-state index contributed by atoms with van der Waals surface area (Å²) in [5.41, 5.74) is 5.89. The highest BCUT2D eigenvalue weighted by molar-refractivity contribution is 6.10. The van der Waals surface area contributed by atoms with E-state index in [1.54, 1.807) is 4.90 Å². The predicted molar refractivity (Wildman–Crippen MR) is 129 cm³/mol. The fraction of sp³-hybridized carbons (Fsp3) is 0.286. The van der Waals surface area contributed by atoms with Crippen molar-refractivity contribution in [3.63, 3.8) is 0 Å². The Morgan fingerprint density at radius 3 is 2.65 bits per heavy atom. The van der Waals surface area contributed by atoms with E-state index in [4.69, 9.17) is 14.6 Å². The third kappa shape index (κ3) is 4.36. The fourth-order valence-electron chi connectivity index (χ4n) is 4.88. The molecular weight excluding hydrogens is 430 g/mol. The molecule has 0 fully saturated rings. The maximum Gasteiger partial charge on any atom is 0.303 e. The largest absolute Gasteiger partial charge is 0.490 e. The number of hydrogen-bond donors (Lipinski definition) is 1. The van der Waals surface area contributed by atoms with Crippen molar-refractivity contribution in [1.82, 2.24) is 0 Å². The van der Waals surface area contributed by atoms with Crippen LogP contribution in [0.15, 0.2) is 60.7 Å². The van der Waals surface area contributed by atoms with Gasteiger partial charge in [-0.05, 0) is 73.2 Å². The maximum absolute atomic E-state index is 12.9. The van der Waals surface area contributed by atoms with E-state index in [9.17, 15) is 9.59 Å². The first-order valence-corrected chi connectivity index (χ1v) is 11.6. The third-order valence-corrected chi connectivity index (χ3v) is 6.62. The number of hydrogen-bond acceptors (Lipinski definition) is 4. The number of ether oxygens (including phenoxy) is 2. The van der Waals surface area contributed by atoms with Crippen molar-refractivity contribution in [3.8, 4) is 11.5 Å². The lowest BCUT2D eigenvalue weighted by Gasteiger charge is -2.16. The SMILES string of the molecule is Cc1ccc(N2Cc3c(OCCOc4ccc5c(c4)CCC5CC(=O)O)cccc3C2=O)cc1. The zero-order chi connectivity index (χ0) is 23.7. The molecule has 5 rings (SSSR count). The molecule has 3 aromatic carbocycles. The molecule has 1 amide bonds. The summed E-state index contributed by atoms with van der Waals surface area (Å²) in [6, 6.07) is 19.4. The normalized spacial score (nSPS) is 16.3. The van der Waals surface area contributed by atoms with Crippen LogP contribution in [-0.4, -0.2) is 30.2 Å². The maximum atomic E-state index is 12.9. The van der Waals surface area contributed by atoms with Gasteiger partial charge >= 0.3 is 5.97 Å². The number of rotatable bonds is 8. The molecule has 0 saturated carbocycles. The van der Waals surface area contributed by atoms with E-state index >= 15 is 0 Å². The second-order valence-corrected chi connectivity index (χ2v) is 8.90. The molecule has 1 aliphatic heterocycles. The number of amides is 1. The number of aryl methyl sites for hydroxylation is 2. The van der Waals surface area contributed by atoms with E-state index < -0.39 is 5.97 Å². The van der Waals surface area contributed by atoms with Gasteiger partial charge in [-0.2, -0.15) is 0 Å². The molecule has 0 saturated heterocycles. The Bertz CT molecular complexity index is 1230. The Labute approximate surface area is 198 Å². The lowest BCUT2D eigenvalue weighted by molar-refractivity contribution is -0.137. The molecule has 1 atom stereocenters. The Morgan fingerprint density at radius 2 is 1.85 bits per heavy atom. The van der Waals surface area contributed by atoms with Crippen molar-refractivity contribution in [2.75, 3.05) is 18.1 Å². The monoisotopic (exact) mass is 457 g/mol. The lowest BCUT2D eigenvalue weighted by Crippen LogP contribution is -2.22. The third-order valence-electron chi connectivity index (χ3n) is 6.62. The van der Waals surface area contributed by atoms with Crippen LogP contribution in [0, 0.1) is 6.92 Å². The molecule has 1 unspecified atom stereocenters. The van der Waals surface area contributed by atoms with Gasteiger partial charge in [0.1, 0.15) is 24.7 Å². The van der Waals surface area contributed by atoms with E-state index in [0.29, 0.717) is 31.1 Å². The van der Waals surface area contributed by atoms with Crippen molar-refractivity contribution in [3.05, 3.63) is 88.5 Å². The van der Waals surface area contributed by atoms with Crippen molar-refractivity contribution in [1.29, 1.82) is 0 Å². The number of anilines is 1. The number of fused-ring (bicyclic) bond motifs is 2. The summed E-state index contributed by atoms with van der Waals surface area (Å²) in [7, 11) is 0. The van der Waals surface area contributed by atoms with Gasteiger partial charge in [-0.25, -0.2) is 0 Å². The average Bonchev–Trinajstić information content (AvgIpc) is 3.38. The van der Waals surface area contributed by atoms with Crippen molar-refractivity contribution >= 4 is 17.6 Å². The summed E-state index contributed by atoms with van der Waals surface area (Å²) < 4.78 is 11.9. The molecule has 1 N–H and O–H groups in total. The second-order valence-electron chi connectivity index (χ2n) is 8.90. The number of nitrogens with zero attached hydrogens (tertiary/aromatic N) is 1. The van der Waals surface area contributed by atoms with Gasteiger partial charge in [0.15, 0.2) is 0 Å². The zero-order valence-corrected chi connectivity index (χ0v) is 19.1. The van der Waals surface area contributed by atoms with Gasteiger partial charge in [-0.1, -0.05) is 29.8 Å². The van der Waals surface area contributed by atoms with Gasteiger partial charge in [-0.15, -0.1) is 0 Å². The first-order valence-electron chi connectivity index (χ1n) is 11.6. The summed E-state index contributed by atoms with van der Waals surface area (Å²) >= 11 is 0. The minimum absolute atomic E-state index is 0.0140. The van der Waals surface area contributed by atoms with Crippen LogP contribution in [0.5, 0.6) is 11.5 Å². The molecule has 0 spiro atoms. The number of benzene rings is 3. The van der Waals surface area contributed by atoms with Crippen LogP contribution in [0.4, 0.5) is 5.69 Å². The van der Waals surface area contributed by atoms with E-state index in [1.165, 1.54) is 5.56 Å². The Morgan fingerprint density at radius 1 is 1.06 bits per heavy atom. The van der Waals surface area contributed by atoms with Crippen LogP contribution >= 0.6 is 0 Å². The summed E-state index contributed by atoms with van der Waals surface area (Å²) in [6.45, 7) is 3.23. The molecule has 1 heterocycles. The Kier molecular flexibility index (Phi) is 5.97. The molecule has 6 nitrogen and oxygen atoms in total. The first kappa shape index (κ1) is 22.0. The van der Waals surface area contributed by atoms with Gasteiger partial charge in [0.2, 0.25) is 0 Å². The average molecular weight is 458 g/mol. The highest BCUT2D eigenvalue weighted by atomic mass is 16.5. The van der Waals surface area contributed by atoms with Gasteiger partial charge in [0, 0.05) is 16.8 Å². The minimum atomic E-state index is -0.758. The van der Waals surface area contributed by atoms with Crippen LogP contribution in [-0.2, 0) is 17.8 Å². The van der Waals surface area contributed by atoms with Crippen molar-refractivity contribution in [2.24, 2.45) is 0 Å². The van der Waals surface area contributed by atoms with Crippen LogP contribution in [0.2, 0.25) is 0 Å². The summed E-state index contributed by atoms with van der Waals surface area (Å²) in [4.78, 5) is 25.8. The first-order chi connectivity index (χ1) is 16.5. The quantitative estimate of drug-likeness (QED) is 0.475. The van der Waals surface area contributed by atoms with Gasteiger partial charge in [-0.3, -0.25) is 9.59 Å². The minimum Gasteiger partial charge on any atom is -0.490 e. The molecule has 1 aliphatic carbocycles. The molecule has 6 heteroatoms. The molecule has 0 radical (unpaired) electrons. The second kappa shape index (κ2) is 9.21. The number of carbonyl (C=O) groups is 2. The van der Waals surface area contributed by atoms with Gasteiger partial charge < -0.3 is 19.5 Å². The summed E-state index contributed by atoms with van der Waals surface area (Å²) in [5.74, 6) is 0.783. The van der Waals surface area contributed by atoms with E-state index in [2.05, 4.69) is 0 Å². The Hall–Kier alpha value is -3.80. The highest BCUT2D eigenvalue weighted by Gasteiger charge is 2.31. The smallest absolute Gasteiger partial charge is 0.303 e. The summed E-state index contributed by atoms with van der Waals surface area (Å²) in [6.07, 6.45) is 1.92. The highest BCUT2D eigenvalue weighted by Crippen LogP contribution is 2.37. The van der Waals surface area contributed by atoms with Crippen molar-refractivity contribution < 1.29 is 24.2 Å². The molecule has 0 bridgehead atoms. The number of carboxylic acid groups (broad SMARTS) is 1. The predicted octanol–water partition coefficient (Wildman–Crippen LogP) is 5.12. The standard InChI is InChI=1S/C28H27NO5/c1-18-5-9-21(10-6-18)29-17-25-24(28(29)32)3-2-4-26(25)34-14-13-33-22-11-12-23-19(15-22)7-8-20(23)16-27(30)31/h2-6,9-12,15,20H,7-8,13-14,16-17H2,1H3,(H,30,31). The van der Waals surface area contributed by atoms with Crippen LogP contribution in [0.1, 0.15) is 51.4 Å². The molecule has 0 aromatic heterocycles. The zero-order valence-electron chi connectivity index (χ0n) is 19.1. The molecule has 2 aliphatic rings. The molecule has 34 heavy (non-hydrogen) atoms. The molecular formula is C28H27NO5. The van der Waals surface area contributed by atoms with Crippen LogP contribution in [0.25, 0.3) is 0 Å². The Balaban J connectivity index is 1.19. The van der Waals surface area contributed by atoms with Crippen LogP contribution < -0.4 is 14.4 Å². The number of carboxylic acids is 1. The summed E-state index contributed by atoms with van der Waals surface area (Å²) in [5, 5.41) is 9.09. The lowest BCUT2D eigenvalue weighted by atomic mass is 9.98.